The maximum Gasteiger partial charge on any atom is 0.300 e. The first-order valence-corrected chi connectivity index (χ1v) is 6.51. The molecule has 1 aromatic heterocycles. The zero-order valence-electron chi connectivity index (χ0n) is 11.2. The van der Waals surface area contributed by atoms with Gasteiger partial charge in [0.1, 0.15) is 16.9 Å². The lowest BCUT2D eigenvalue weighted by atomic mass is 9.97. The molecule has 110 valence electrons. The number of pyridine rings is 1. The minimum absolute atomic E-state index is 0.00985. The van der Waals surface area contributed by atoms with Crippen LogP contribution in [0.15, 0.2) is 12.3 Å². The fraction of sp³-hybridized carbons (Fsp3) is 0.500. The highest BCUT2D eigenvalue weighted by Crippen LogP contribution is 2.20. The van der Waals surface area contributed by atoms with Gasteiger partial charge in [0.15, 0.2) is 0 Å². The molecule has 0 spiro atoms. The maximum atomic E-state index is 12.0. The molecule has 0 aliphatic rings. The van der Waals surface area contributed by atoms with E-state index in [1.807, 2.05) is 0 Å². The van der Waals surface area contributed by atoms with Crippen molar-refractivity contribution >= 4 is 23.2 Å². The summed E-state index contributed by atoms with van der Waals surface area (Å²) in [7, 11) is 0. The predicted molar refractivity (Wildman–Crippen MR) is 73.8 cm³/mol. The number of carbonyl (C=O) groups excluding carboxylic acids is 1. The molecule has 1 rings (SSSR count). The van der Waals surface area contributed by atoms with Gasteiger partial charge in [0, 0.05) is 6.54 Å². The van der Waals surface area contributed by atoms with Crippen LogP contribution in [0.2, 0.25) is 5.15 Å². The summed E-state index contributed by atoms with van der Waals surface area (Å²) < 4.78 is 0. The Balaban J connectivity index is 2.93. The van der Waals surface area contributed by atoms with Gasteiger partial charge in [0.05, 0.1) is 10.5 Å². The molecular weight excluding hydrogens is 286 g/mol. The van der Waals surface area contributed by atoms with Crippen molar-refractivity contribution in [2.24, 2.45) is 0 Å². The quantitative estimate of drug-likeness (QED) is 0.474. The van der Waals surface area contributed by atoms with Crippen LogP contribution in [-0.4, -0.2) is 33.1 Å². The Morgan fingerprint density at radius 3 is 2.65 bits per heavy atom. The molecule has 0 saturated carbocycles. The molecule has 0 bridgehead atoms. The number of carbonyl (C=O) groups is 1. The van der Waals surface area contributed by atoms with Gasteiger partial charge < -0.3 is 10.4 Å². The number of rotatable bonds is 6. The van der Waals surface area contributed by atoms with Gasteiger partial charge in [-0.25, -0.2) is 4.98 Å². The van der Waals surface area contributed by atoms with Crippen molar-refractivity contribution in [3.63, 3.8) is 0 Å². The summed E-state index contributed by atoms with van der Waals surface area (Å²) in [6, 6.07) is 1.13. The van der Waals surface area contributed by atoms with Crippen LogP contribution in [0.3, 0.4) is 0 Å². The molecule has 20 heavy (non-hydrogen) atoms. The van der Waals surface area contributed by atoms with Crippen LogP contribution in [0.1, 0.15) is 37.0 Å². The second-order valence-electron chi connectivity index (χ2n) is 4.40. The van der Waals surface area contributed by atoms with Gasteiger partial charge in [-0.05, 0) is 18.9 Å². The van der Waals surface area contributed by atoms with Crippen molar-refractivity contribution < 1.29 is 14.8 Å². The van der Waals surface area contributed by atoms with Crippen LogP contribution < -0.4 is 5.32 Å². The van der Waals surface area contributed by atoms with E-state index in [0.29, 0.717) is 12.8 Å². The highest BCUT2D eigenvalue weighted by Gasteiger charge is 2.26. The Bertz CT molecular complexity index is 517. The van der Waals surface area contributed by atoms with Gasteiger partial charge in [0.25, 0.3) is 11.6 Å². The van der Waals surface area contributed by atoms with Gasteiger partial charge in [-0.3, -0.25) is 14.9 Å². The molecule has 0 atom stereocenters. The molecule has 0 radical (unpaired) electrons. The molecule has 8 heteroatoms. The van der Waals surface area contributed by atoms with Crippen LogP contribution in [-0.2, 0) is 0 Å². The normalized spacial score (nSPS) is 11.2. The summed E-state index contributed by atoms with van der Waals surface area (Å²) in [5, 5.41) is 23.4. The Morgan fingerprint density at radius 1 is 1.55 bits per heavy atom. The lowest BCUT2D eigenvalue weighted by Gasteiger charge is -2.25. The number of hydrogen-bond acceptors (Lipinski definition) is 5. The second kappa shape index (κ2) is 6.62. The molecule has 2 N–H and O–H groups in total. The number of halogens is 1. The summed E-state index contributed by atoms with van der Waals surface area (Å²) in [6.45, 7) is 3.60. The van der Waals surface area contributed by atoms with E-state index in [0.717, 1.165) is 12.3 Å². The predicted octanol–water partition coefficient (Wildman–Crippen LogP) is 1.92. The standard InChI is InChI=1S/C12H16ClN3O4/c1-3-12(18,4-2)7-15-11(17)8-5-10(13)14-6-9(8)16(19)20/h5-6,18H,3-4,7H2,1-2H3,(H,15,17). The summed E-state index contributed by atoms with van der Waals surface area (Å²) in [5.41, 5.74) is -1.63. The monoisotopic (exact) mass is 301 g/mol. The average Bonchev–Trinajstić information content (AvgIpc) is 2.43. The van der Waals surface area contributed by atoms with E-state index < -0.39 is 22.1 Å². The third-order valence-corrected chi connectivity index (χ3v) is 3.39. The molecule has 1 heterocycles. The van der Waals surface area contributed by atoms with Gasteiger partial charge in [-0.1, -0.05) is 25.4 Å². The van der Waals surface area contributed by atoms with Crippen LogP contribution in [0.4, 0.5) is 5.69 Å². The van der Waals surface area contributed by atoms with E-state index in [2.05, 4.69) is 10.3 Å². The fourth-order valence-electron chi connectivity index (χ4n) is 1.59. The van der Waals surface area contributed by atoms with E-state index in [1.165, 1.54) is 0 Å². The summed E-state index contributed by atoms with van der Waals surface area (Å²) in [6.07, 6.45) is 1.86. The smallest absolute Gasteiger partial charge is 0.300 e. The molecule has 7 nitrogen and oxygen atoms in total. The van der Waals surface area contributed by atoms with Gasteiger partial charge in [0.2, 0.25) is 0 Å². The largest absolute Gasteiger partial charge is 0.388 e. The van der Waals surface area contributed by atoms with Crippen LogP contribution >= 0.6 is 11.6 Å². The molecule has 0 unspecified atom stereocenters. The van der Waals surface area contributed by atoms with E-state index in [4.69, 9.17) is 11.6 Å². The lowest BCUT2D eigenvalue weighted by Crippen LogP contribution is -2.42. The Morgan fingerprint density at radius 2 is 2.15 bits per heavy atom. The molecule has 1 amide bonds. The van der Waals surface area contributed by atoms with Crippen LogP contribution in [0.25, 0.3) is 0 Å². The van der Waals surface area contributed by atoms with E-state index >= 15 is 0 Å². The molecule has 1 aromatic rings. The number of hydrogen-bond donors (Lipinski definition) is 2. The first kappa shape index (κ1) is 16.3. The SMILES string of the molecule is CCC(O)(CC)CNC(=O)c1cc(Cl)ncc1[N+](=O)[O-]. The lowest BCUT2D eigenvalue weighted by molar-refractivity contribution is -0.385. The number of nitro groups is 1. The molecule has 0 aliphatic carbocycles. The first-order chi connectivity index (χ1) is 9.33. The molecule has 0 aromatic carbocycles. The van der Waals surface area contributed by atoms with Crippen molar-refractivity contribution in [2.75, 3.05) is 6.54 Å². The average molecular weight is 302 g/mol. The fourth-order valence-corrected chi connectivity index (χ4v) is 1.75. The molecule has 0 fully saturated rings. The highest BCUT2D eigenvalue weighted by atomic mass is 35.5. The first-order valence-electron chi connectivity index (χ1n) is 6.13. The summed E-state index contributed by atoms with van der Waals surface area (Å²) >= 11 is 5.65. The Kier molecular flexibility index (Phi) is 5.41. The minimum atomic E-state index is -1.03. The minimum Gasteiger partial charge on any atom is -0.388 e. The van der Waals surface area contributed by atoms with Gasteiger partial charge in [-0.15, -0.1) is 0 Å². The number of amides is 1. The topological polar surface area (TPSA) is 105 Å². The number of aromatic nitrogens is 1. The molecular formula is C12H16ClN3O4. The highest BCUT2D eigenvalue weighted by molar-refractivity contribution is 6.29. The second-order valence-corrected chi connectivity index (χ2v) is 4.78. The van der Waals surface area contributed by atoms with Crippen molar-refractivity contribution in [3.05, 3.63) is 33.1 Å². The zero-order valence-corrected chi connectivity index (χ0v) is 12.0. The van der Waals surface area contributed by atoms with E-state index in [1.54, 1.807) is 13.8 Å². The van der Waals surface area contributed by atoms with Crippen LogP contribution in [0, 0.1) is 10.1 Å². The van der Waals surface area contributed by atoms with Crippen molar-refractivity contribution in [1.29, 1.82) is 0 Å². The van der Waals surface area contributed by atoms with Gasteiger partial charge >= 0.3 is 0 Å². The summed E-state index contributed by atoms with van der Waals surface area (Å²) in [5.74, 6) is -0.665. The van der Waals surface area contributed by atoms with Crippen molar-refractivity contribution in [2.45, 2.75) is 32.3 Å². The molecule has 0 saturated heterocycles. The summed E-state index contributed by atoms with van der Waals surface area (Å²) in [4.78, 5) is 25.7. The van der Waals surface area contributed by atoms with Crippen molar-refractivity contribution in [3.8, 4) is 0 Å². The zero-order chi connectivity index (χ0) is 15.3. The molecule has 0 aliphatic heterocycles. The van der Waals surface area contributed by atoms with Gasteiger partial charge in [-0.2, -0.15) is 0 Å². The van der Waals surface area contributed by atoms with Crippen molar-refractivity contribution in [1.82, 2.24) is 10.3 Å². The third kappa shape index (κ3) is 3.88. The van der Waals surface area contributed by atoms with E-state index in [9.17, 15) is 20.0 Å². The number of aliphatic hydroxyl groups is 1. The third-order valence-electron chi connectivity index (χ3n) is 3.19. The van der Waals surface area contributed by atoms with E-state index in [-0.39, 0.29) is 17.3 Å². The number of nitrogens with zero attached hydrogens (tertiary/aromatic N) is 2. The Labute approximate surface area is 121 Å². The maximum absolute atomic E-state index is 12.0. The number of nitrogens with one attached hydrogen (secondary N) is 1. The van der Waals surface area contributed by atoms with Crippen LogP contribution in [0.5, 0.6) is 0 Å². The Hall–Kier alpha value is -1.73.